The molecule has 0 saturated carbocycles. The molecule has 3 aromatic carbocycles. The minimum Gasteiger partial charge on any atom is -0.508 e. The van der Waals surface area contributed by atoms with E-state index in [1.54, 1.807) is 42.5 Å². The average Bonchev–Trinajstić information content (AvgIpc) is 3.34. The Hall–Kier alpha value is -4.30. The normalized spacial score (nSPS) is 25.1. The van der Waals surface area contributed by atoms with Gasteiger partial charge in [-0.1, -0.05) is 48.5 Å². The van der Waals surface area contributed by atoms with Gasteiger partial charge < -0.3 is 10.2 Å². The maximum atomic E-state index is 13.9. The molecule has 2 heterocycles. The lowest BCUT2D eigenvalue weighted by atomic mass is 9.76. The highest BCUT2D eigenvalue weighted by molar-refractivity contribution is 6.24. The standard InChI is InChI=1S/C28H24N2O6/c1-16(31)18-11-13-19(14-12-18)30-25(33)22-23(26(30)34)28(27(35)36,15-17-7-3-2-4-8-17)29-24(22)20-9-5-6-10-21(20)32/h2-14,22-24,29,32H,15H2,1H3,(H,35,36). The first kappa shape index (κ1) is 23.4. The Morgan fingerprint density at radius 3 is 2.17 bits per heavy atom. The van der Waals surface area contributed by atoms with Gasteiger partial charge in [0.15, 0.2) is 5.78 Å². The molecule has 0 spiro atoms. The molecule has 4 atom stereocenters. The number of Topliss-reactive ketones (excluding diaryl/α,β-unsaturated/α-hetero) is 1. The monoisotopic (exact) mass is 484 g/mol. The molecule has 2 saturated heterocycles. The van der Waals surface area contributed by atoms with E-state index in [2.05, 4.69) is 5.32 Å². The van der Waals surface area contributed by atoms with E-state index >= 15 is 0 Å². The van der Waals surface area contributed by atoms with Crippen molar-refractivity contribution in [3.05, 3.63) is 95.6 Å². The van der Waals surface area contributed by atoms with Crippen molar-refractivity contribution in [2.24, 2.45) is 11.8 Å². The lowest BCUT2D eigenvalue weighted by Crippen LogP contribution is -2.57. The van der Waals surface area contributed by atoms with Crippen molar-refractivity contribution in [1.29, 1.82) is 0 Å². The van der Waals surface area contributed by atoms with E-state index in [-0.39, 0.29) is 23.6 Å². The largest absolute Gasteiger partial charge is 0.508 e. The number of aromatic hydroxyl groups is 1. The number of ketones is 1. The van der Waals surface area contributed by atoms with Crippen LogP contribution < -0.4 is 10.2 Å². The van der Waals surface area contributed by atoms with Crippen LogP contribution in [0.5, 0.6) is 5.75 Å². The molecule has 2 amide bonds. The zero-order valence-electron chi connectivity index (χ0n) is 19.4. The van der Waals surface area contributed by atoms with Crippen LogP contribution in [0.25, 0.3) is 0 Å². The first-order valence-electron chi connectivity index (χ1n) is 11.6. The lowest BCUT2D eigenvalue weighted by molar-refractivity contribution is -0.148. The van der Waals surface area contributed by atoms with Crippen molar-refractivity contribution < 1.29 is 29.4 Å². The van der Waals surface area contributed by atoms with Crippen LogP contribution in [0, 0.1) is 11.8 Å². The summed E-state index contributed by atoms with van der Waals surface area (Å²) in [6, 6.07) is 20.5. The molecule has 0 bridgehead atoms. The number of rotatable bonds is 6. The summed E-state index contributed by atoms with van der Waals surface area (Å²) >= 11 is 0. The molecule has 0 aromatic heterocycles. The number of fused-ring (bicyclic) bond motifs is 1. The summed E-state index contributed by atoms with van der Waals surface area (Å²) in [7, 11) is 0. The Morgan fingerprint density at radius 2 is 1.56 bits per heavy atom. The maximum Gasteiger partial charge on any atom is 0.325 e. The number of amides is 2. The molecule has 36 heavy (non-hydrogen) atoms. The summed E-state index contributed by atoms with van der Waals surface area (Å²) < 4.78 is 0. The van der Waals surface area contributed by atoms with E-state index in [0.717, 1.165) is 4.90 Å². The number of carboxylic acid groups (broad SMARTS) is 1. The molecule has 3 aromatic rings. The molecule has 4 unspecified atom stereocenters. The van der Waals surface area contributed by atoms with Gasteiger partial charge in [0.2, 0.25) is 11.8 Å². The highest BCUT2D eigenvalue weighted by Crippen LogP contribution is 2.52. The van der Waals surface area contributed by atoms with Crippen molar-refractivity contribution in [2.75, 3.05) is 4.90 Å². The van der Waals surface area contributed by atoms with E-state index in [4.69, 9.17) is 0 Å². The Morgan fingerprint density at radius 1 is 0.917 bits per heavy atom. The Labute approximate surface area is 207 Å². The number of carbonyl (C=O) groups excluding carboxylic acids is 3. The molecule has 182 valence electrons. The van der Waals surface area contributed by atoms with Crippen LogP contribution >= 0.6 is 0 Å². The van der Waals surface area contributed by atoms with Gasteiger partial charge in [0, 0.05) is 23.6 Å². The summed E-state index contributed by atoms with van der Waals surface area (Å²) in [5, 5.41) is 24.2. The Bertz CT molecular complexity index is 1370. The molecule has 0 radical (unpaired) electrons. The van der Waals surface area contributed by atoms with Crippen molar-refractivity contribution in [3.8, 4) is 5.75 Å². The number of hydrogen-bond acceptors (Lipinski definition) is 6. The Kier molecular flexibility index (Phi) is 5.68. The summed E-state index contributed by atoms with van der Waals surface area (Å²) in [4.78, 5) is 53.3. The molecular formula is C28H24N2O6. The van der Waals surface area contributed by atoms with Gasteiger partial charge in [-0.05, 0) is 42.8 Å². The number of benzene rings is 3. The number of para-hydroxylation sites is 1. The van der Waals surface area contributed by atoms with Crippen molar-refractivity contribution in [3.63, 3.8) is 0 Å². The maximum absolute atomic E-state index is 13.9. The van der Waals surface area contributed by atoms with Crippen LogP contribution in [0.4, 0.5) is 5.69 Å². The number of nitrogens with zero attached hydrogens (tertiary/aromatic N) is 1. The summed E-state index contributed by atoms with van der Waals surface area (Å²) in [5.74, 6) is -4.98. The number of phenolic OH excluding ortho intramolecular Hbond substituents is 1. The topological polar surface area (TPSA) is 124 Å². The fraction of sp³-hybridized carbons (Fsp3) is 0.214. The second-order valence-electron chi connectivity index (χ2n) is 9.24. The molecular weight excluding hydrogens is 460 g/mol. The molecule has 3 N–H and O–H groups in total. The third-order valence-corrected chi connectivity index (χ3v) is 7.17. The fourth-order valence-corrected chi connectivity index (χ4v) is 5.47. The third kappa shape index (κ3) is 3.58. The SMILES string of the molecule is CC(=O)c1ccc(N2C(=O)C3C(c4ccccc4O)NC(Cc4ccccc4)(C(=O)O)C3C2=O)cc1. The highest BCUT2D eigenvalue weighted by atomic mass is 16.4. The van der Waals surface area contributed by atoms with E-state index in [1.165, 1.54) is 37.3 Å². The van der Waals surface area contributed by atoms with E-state index in [0.29, 0.717) is 16.7 Å². The number of hydrogen-bond donors (Lipinski definition) is 3. The van der Waals surface area contributed by atoms with Crippen LogP contribution in [-0.4, -0.2) is 39.3 Å². The molecule has 2 fully saturated rings. The van der Waals surface area contributed by atoms with E-state index < -0.39 is 41.2 Å². The number of imide groups is 1. The van der Waals surface area contributed by atoms with Gasteiger partial charge in [-0.15, -0.1) is 0 Å². The summed E-state index contributed by atoms with van der Waals surface area (Å²) in [6.45, 7) is 1.42. The zero-order valence-corrected chi connectivity index (χ0v) is 19.4. The summed E-state index contributed by atoms with van der Waals surface area (Å²) in [6.07, 6.45) is -0.0371. The first-order chi connectivity index (χ1) is 17.2. The van der Waals surface area contributed by atoms with Crippen molar-refractivity contribution in [1.82, 2.24) is 5.32 Å². The third-order valence-electron chi connectivity index (χ3n) is 7.17. The van der Waals surface area contributed by atoms with Crippen LogP contribution in [0.3, 0.4) is 0 Å². The smallest absolute Gasteiger partial charge is 0.325 e. The second-order valence-corrected chi connectivity index (χ2v) is 9.24. The number of carbonyl (C=O) groups is 4. The van der Waals surface area contributed by atoms with Gasteiger partial charge >= 0.3 is 5.97 Å². The van der Waals surface area contributed by atoms with Gasteiger partial charge in [0.1, 0.15) is 11.3 Å². The molecule has 5 rings (SSSR count). The molecule has 8 heteroatoms. The van der Waals surface area contributed by atoms with Crippen LogP contribution in [0.15, 0.2) is 78.9 Å². The highest BCUT2D eigenvalue weighted by Gasteiger charge is 2.68. The van der Waals surface area contributed by atoms with Gasteiger partial charge in [-0.3, -0.25) is 24.5 Å². The number of aliphatic carboxylic acids is 1. The van der Waals surface area contributed by atoms with Crippen molar-refractivity contribution >= 4 is 29.3 Å². The quantitative estimate of drug-likeness (QED) is 0.363. The number of phenols is 1. The molecule has 2 aliphatic heterocycles. The van der Waals surface area contributed by atoms with Gasteiger partial charge in [0.05, 0.1) is 17.5 Å². The van der Waals surface area contributed by atoms with Gasteiger partial charge in [-0.25, -0.2) is 4.90 Å². The van der Waals surface area contributed by atoms with Gasteiger partial charge in [0.25, 0.3) is 0 Å². The average molecular weight is 485 g/mol. The molecule has 2 aliphatic rings. The zero-order chi connectivity index (χ0) is 25.6. The minimum atomic E-state index is -1.79. The number of anilines is 1. The Balaban J connectivity index is 1.65. The molecule has 0 aliphatic carbocycles. The van der Waals surface area contributed by atoms with Crippen LogP contribution in [0.2, 0.25) is 0 Å². The number of nitrogens with one attached hydrogen (secondary N) is 1. The van der Waals surface area contributed by atoms with Crippen LogP contribution in [0.1, 0.15) is 34.5 Å². The number of carboxylic acids is 1. The fourth-order valence-electron chi connectivity index (χ4n) is 5.47. The summed E-state index contributed by atoms with van der Waals surface area (Å²) in [5.41, 5.74) is -0.0674. The van der Waals surface area contributed by atoms with Crippen molar-refractivity contribution in [2.45, 2.75) is 24.9 Å². The minimum absolute atomic E-state index is 0.0371. The predicted molar refractivity (Wildman–Crippen MR) is 130 cm³/mol. The van der Waals surface area contributed by atoms with E-state index in [9.17, 15) is 29.4 Å². The second kappa shape index (κ2) is 8.73. The first-order valence-corrected chi connectivity index (χ1v) is 11.6. The van der Waals surface area contributed by atoms with Gasteiger partial charge in [-0.2, -0.15) is 0 Å². The van der Waals surface area contributed by atoms with Crippen LogP contribution in [-0.2, 0) is 20.8 Å². The van der Waals surface area contributed by atoms with E-state index in [1.807, 2.05) is 6.07 Å². The molecule has 8 nitrogen and oxygen atoms in total. The lowest BCUT2D eigenvalue weighted by Gasteiger charge is -2.31. The predicted octanol–water partition coefficient (Wildman–Crippen LogP) is 3.11.